The molecule has 3 heteroatoms. The Morgan fingerprint density at radius 1 is 1.78 bits per heavy atom. The molecule has 0 aliphatic carbocycles. The van der Waals surface area contributed by atoms with Crippen molar-refractivity contribution in [2.75, 3.05) is 12.4 Å². The fourth-order valence-corrected chi connectivity index (χ4v) is 1.16. The van der Waals surface area contributed by atoms with Crippen molar-refractivity contribution >= 4 is 11.9 Å². The third kappa shape index (κ3) is 2.56. The predicted molar refractivity (Wildman–Crippen MR) is 40.5 cm³/mol. The second kappa shape index (κ2) is 3.44. The van der Waals surface area contributed by atoms with Crippen LogP contribution in [0, 0.1) is 0 Å². The Morgan fingerprint density at radius 2 is 2.44 bits per heavy atom. The van der Waals surface area contributed by atoms with Gasteiger partial charge in [-0.05, 0) is 13.8 Å². The van der Waals surface area contributed by atoms with E-state index in [2.05, 4.69) is 18.6 Å². The van der Waals surface area contributed by atoms with Crippen LogP contribution in [0.4, 0.5) is 0 Å². The fourth-order valence-electron chi connectivity index (χ4n) is 0.592. The highest BCUT2D eigenvalue weighted by Crippen LogP contribution is 2.12. The van der Waals surface area contributed by atoms with Crippen LogP contribution in [0.3, 0.4) is 0 Å². The molecule has 1 aliphatic rings. The molecule has 2 nitrogen and oxygen atoms in total. The van der Waals surface area contributed by atoms with Gasteiger partial charge in [-0.3, -0.25) is 4.72 Å². The lowest BCUT2D eigenvalue weighted by Gasteiger charge is -2.26. The quantitative estimate of drug-likeness (QED) is 0.602. The summed E-state index contributed by atoms with van der Waals surface area (Å²) < 4.78 is 8.56. The molecule has 0 amide bonds. The molecule has 1 saturated heterocycles. The molecular formula is C6H13NOS. The first-order valence-electron chi connectivity index (χ1n) is 3.28. The van der Waals surface area contributed by atoms with Crippen LogP contribution < -0.4 is 4.72 Å². The Hall–Kier alpha value is 0.270. The largest absolute Gasteiger partial charge is 0.377 e. The van der Waals surface area contributed by atoms with Gasteiger partial charge in [-0.1, -0.05) is 11.9 Å². The van der Waals surface area contributed by atoms with Crippen molar-refractivity contribution < 1.29 is 4.74 Å². The van der Waals surface area contributed by atoms with Crippen molar-refractivity contribution in [1.82, 2.24) is 4.72 Å². The first kappa shape index (κ1) is 7.38. The minimum atomic E-state index is 0.373. The number of nitrogens with one attached hydrogen (secondary N) is 1. The summed E-state index contributed by atoms with van der Waals surface area (Å²) in [5.74, 6) is 1.20. The van der Waals surface area contributed by atoms with E-state index in [1.54, 1.807) is 11.9 Å². The van der Waals surface area contributed by atoms with Crippen LogP contribution in [0.5, 0.6) is 0 Å². The standard InChI is InChI=1S/C6H13NOS/c1-5(2)8-3-6-4-9-7-6/h5-7H,3-4H2,1-2H3. The predicted octanol–water partition coefficient (Wildman–Crippen LogP) is 1.03. The molecule has 0 spiro atoms. The minimum absolute atomic E-state index is 0.373. The van der Waals surface area contributed by atoms with Gasteiger partial charge in [0.05, 0.1) is 18.8 Å². The molecule has 0 radical (unpaired) electrons. The van der Waals surface area contributed by atoms with E-state index in [4.69, 9.17) is 4.74 Å². The van der Waals surface area contributed by atoms with Gasteiger partial charge >= 0.3 is 0 Å². The van der Waals surface area contributed by atoms with Crippen molar-refractivity contribution in [3.05, 3.63) is 0 Å². The summed E-state index contributed by atoms with van der Waals surface area (Å²) in [5, 5.41) is 0. The maximum Gasteiger partial charge on any atom is 0.0640 e. The summed E-state index contributed by atoms with van der Waals surface area (Å²) in [4.78, 5) is 0. The lowest BCUT2D eigenvalue weighted by molar-refractivity contribution is 0.0675. The van der Waals surface area contributed by atoms with Crippen LogP contribution >= 0.6 is 11.9 Å². The van der Waals surface area contributed by atoms with Gasteiger partial charge in [0.1, 0.15) is 0 Å². The van der Waals surface area contributed by atoms with Gasteiger partial charge in [0.25, 0.3) is 0 Å². The van der Waals surface area contributed by atoms with Crippen LogP contribution in [0.1, 0.15) is 13.8 Å². The Bertz CT molecular complexity index is 83.1. The summed E-state index contributed by atoms with van der Waals surface area (Å²) in [7, 11) is 0. The average Bonchev–Trinajstić information content (AvgIpc) is 1.60. The maximum absolute atomic E-state index is 5.37. The molecule has 1 fully saturated rings. The Labute approximate surface area is 60.5 Å². The molecule has 54 valence electrons. The number of ether oxygens (including phenoxy) is 1. The zero-order valence-electron chi connectivity index (χ0n) is 5.89. The topological polar surface area (TPSA) is 21.3 Å². The zero-order valence-corrected chi connectivity index (χ0v) is 6.70. The summed E-state index contributed by atoms with van der Waals surface area (Å²) in [5.41, 5.74) is 0. The summed E-state index contributed by atoms with van der Waals surface area (Å²) in [6, 6.07) is 0.609. The average molecular weight is 147 g/mol. The summed E-state index contributed by atoms with van der Waals surface area (Å²) >= 11 is 1.77. The van der Waals surface area contributed by atoms with Crippen molar-refractivity contribution in [3.63, 3.8) is 0 Å². The molecule has 0 bridgehead atoms. The van der Waals surface area contributed by atoms with Gasteiger partial charge < -0.3 is 4.74 Å². The van der Waals surface area contributed by atoms with Crippen molar-refractivity contribution in [2.45, 2.75) is 26.0 Å². The summed E-state index contributed by atoms with van der Waals surface area (Å²) in [6.45, 7) is 4.99. The molecule has 1 rings (SSSR count). The Balaban J connectivity index is 1.91. The first-order chi connectivity index (χ1) is 4.29. The number of hydrogen-bond donors (Lipinski definition) is 1. The second-order valence-corrected chi connectivity index (χ2v) is 3.37. The Kier molecular flexibility index (Phi) is 2.82. The smallest absolute Gasteiger partial charge is 0.0640 e. The molecule has 0 aromatic carbocycles. The third-order valence-electron chi connectivity index (χ3n) is 1.17. The van der Waals surface area contributed by atoms with Gasteiger partial charge in [-0.15, -0.1) is 0 Å². The van der Waals surface area contributed by atoms with E-state index in [1.807, 2.05) is 0 Å². The number of rotatable bonds is 3. The number of hydrogen-bond acceptors (Lipinski definition) is 3. The van der Waals surface area contributed by atoms with E-state index < -0.39 is 0 Å². The molecule has 0 saturated carbocycles. The van der Waals surface area contributed by atoms with Crippen molar-refractivity contribution in [2.24, 2.45) is 0 Å². The first-order valence-corrected chi connectivity index (χ1v) is 4.26. The molecule has 1 unspecified atom stereocenters. The molecule has 9 heavy (non-hydrogen) atoms. The minimum Gasteiger partial charge on any atom is -0.377 e. The highest BCUT2D eigenvalue weighted by molar-refractivity contribution is 7.98. The SMILES string of the molecule is CC(C)OCC1CSN1. The second-order valence-electron chi connectivity index (χ2n) is 2.51. The molecule has 1 atom stereocenters. The zero-order chi connectivity index (χ0) is 6.69. The van der Waals surface area contributed by atoms with Crippen LogP contribution in [0.2, 0.25) is 0 Å². The molecule has 0 aromatic heterocycles. The molecular weight excluding hydrogens is 134 g/mol. The summed E-state index contributed by atoms with van der Waals surface area (Å²) in [6.07, 6.45) is 0.373. The van der Waals surface area contributed by atoms with Gasteiger partial charge in [-0.2, -0.15) is 0 Å². The molecule has 1 N–H and O–H groups in total. The van der Waals surface area contributed by atoms with Crippen molar-refractivity contribution in [3.8, 4) is 0 Å². The molecule has 0 aromatic rings. The van der Waals surface area contributed by atoms with E-state index in [0.29, 0.717) is 12.1 Å². The van der Waals surface area contributed by atoms with E-state index in [9.17, 15) is 0 Å². The van der Waals surface area contributed by atoms with Crippen molar-refractivity contribution in [1.29, 1.82) is 0 Å². The van der Waals surface area contributed by atoms with Gasteiger partial charge in [0.15, 0.2) is 0 Å². The van der Waals surface area contributed by atoms with Gasteiger partial charge in [-0.25, -0.2) is 0 Å². The third-order valence-corrected chi connectivity index (χ3v) is 2.23. The van der Waals surface area contributed by atoms with E-state index >= 15 is 0 Å². The normalized spacial score (nSPS) is 26.3. The molecule has 1 heterocycles. The maximum atomic E-state index is 5.37. The Morgan fingerprint density at radius 3 is 2.78 bits per heavy atom. The van der Waals surface area contributed by atoms with E-state index in [-0.39, 0.29) is 0 Å². The van der Waals surface area contributed by atoms with E-state index in [0.717, 1.165) is 6.61 Å². The van der Waals surface area contributed by atoms with Crippen LogP contribution in [-0.4, -0.2) is 24.5 Å². The highest BCUT2D eigenvalue weighted by Gasteiger charge is 2.17. The highest BCUT2D eigenvalue weighted by atomic mass is 32.2. The lowest BCUT2D eigenvalue weighted by atomic mass is 10.4. The van der Waals surface area contributed by atoms with Crippen LogP contribution in [0.25, 0.3) is 0 Å². The molecule has 1 aliphatic heterocycles. The van der Waals surface area contributed by atoms with E-state index in [1.165, 1.54) is 5.75 Å². The van der Waals surface area contributed by atoms with Crippen LogP contribution in [-0.2, 0) is 4.74 Å². The lowest BCUT2D eigenvalue weighted by Crippen LogP contribution is -2.41. The van der Waals surface area contributed by atoms with Crippen LogP contribution in [0.15, 0.2) is 0 Å². The monoisotopic (exact) mass is 147 g/mol. The van der Waals surface area contributed by atoms with Gasteiger partial charge in [0, 0.05) is 5.75 Å². The fraction of sp³-hybridized carbons (Fsp3) is 1.00. The van der Waals surface area contributed by atoms with Gasteiger partial charge in [0.2, 0.25) is 0 Å².